The zero-order valence-electron chi connectivity index (χ0n) is 20.4. The van der Waals surface area contributed by atoms with Crippen molar-refractivity contribution in [2.24, 2.45) is 5.92 Å². The van der Waals surface area contributed by atoms with Crippen LogP contribution in [0.4, 0.5) is 14.5 Å². The lowest BCUT2D eigenvalue weighted by atomic mass is 10.1. The molecular weight excluding hydrogens is 534 g/mol. The Hall–Kier alpha value is -4.10. The number of fused-ring (bicyclic) bond motifs is 2. The fourth-order valence-electron chi connectivity index (χ4n) is 5.15. The minimum Gasteiger partial charge on any atom is -0.434 e. The molecule has 0 unspecified atom stereocenters. The minimum atomic E-state index is -3.10. The third kappa shape index (κ3) is 5.02. The van der Waals surface area contributed by atoms with Crippen LogP contribution in [0.5, 0.6) is 5.75 Å². The molecule has 0 spiro atoms. The Labute approximate surface area is 225 Å². The molecule has 0 saturated carbocycles. The minimum absolute atomic E-state index is 0.105. The molecule has 0 bridgehead atoms. The maximum atomic E-state index is 13.3. The Morgan fingerprint density at radius 1 is 1.28 bits per heavy atom. The lowest BCUT2D eigenvalue weighted by Crippen LogP contribution is -2.36. The summed E-state index contributed by atoms with van der Waals surface area (Å²) in [6.07, 6.45) is 7.05. The molecule has 14 heteroatoms. The van der Waals surface area contributed by atoms with Crippen molar-refractivity contribution in [1.29, 1.82) is 0 Å². The van der Waals surface area contributed by atoms with Crippen LogP contribution in [-0.4, -0.2) is 73.4 Å². The van der Waals surface area contributed by atoms with Gasteiger partial charge in [0.05, 0.1) is 11.9 Å². The van der Waals surface area contributed by atoms with E-state index in [1.165, 1.54) is 46.0 Å². The molecule has 39 heavy (non-hydrogen) atoms. The summed E-state index contributed by atoms with van der Waals surface area (Å²) < 4.78 is 33.9. The van der Waals surface area contributed by atoms with E-state index in [-0.39, 0.29) is 51.8 Å². The van der Waals surface area contributed by atoms with E-state index in [9.17, 15) is 18.4 Å². The van der Waals surface area contributed by atoms with E-state index in [1.54, 1.807) is 17.2 Å². The summed E-state index contributed by atoms with van der Waals surface area (Å²) in [4.78, 5) is 32.4. The predicted octanol–water partition coefficient (Wildman–Crippen LogP) is 2.92. The molecule has 2 aliphatic rings. The van der Waals surface area contributed by atoms with Crippen molar-refractivity contribution in [2.45, 2.75) is 25.6 Å². The Kier molecular flexibility index (Phi) is 6.61. The van der Waals surface area contributed by atoms with Crippen molar-refractivity contribution in [3.8, 4) is 17.0 Å². The van der Waals surface area contributed by atoms with E-state index in [0.29, 0.717) is 24.7 Å². The van der Waals surface area contributed by atoms with Crippen molar-refractivity contribution in [3.63, 3.8) is 0 Å². The molecule has 2 amide bonds. The molecule has 3 aromatic heterocycles. The smallest absolute Gasteiger partial charge is 0.387 e. The fourth-order valence-corrected chi connectivity index (χ4v) is 5.32. The molecule has 2 atom stereocenters. The third-order valence-corrected chi connectivity index (χ3v) is 7.19. The summed E-state index contributed by atoms with van der Waals surface area (Å²) in [6.45, 7) is -0.972. The van der Waals surface area contributed by atoms with Crippen molar-refractivity contribution in [2.75, 3.05) is 25.0 Å². The van der Waals surface area contributed by atoms with Crippen LogP contribution in [0.1, 0.15) is 16.8 Å². The fraction of sp³-hybridized carbons (Fsp3) is 0.320. The molecule has 1 aromatic carbocycles. The van der Waals surface area contributed by atoms with Crippen LogP contribution in [0.3, 0.4) is 0 Å². The second-order valence-electron chi connectivity index (χ2n) is 9.42. The summed E-state index contributed by atoms with van der Waals surface area (Å²) in [6, 6.07) is 6.08. The van der Waals surface area contributed by atoms with Gasteiger partial charge in [0, 0.05) is 48.3 Å². The van der Waals surface area contributed by atoms with Gasteiger partial charge >= 0.3 is 6.61 Å². The topological polar surface area (TPSA) is 119 Å². The van der Waals surface area contributed by atoms with Crippen LogP contribution < -0.4 is 15.4 Å². The Morgan fingerprint density at radius 3 is 2.97 bits per heavy atom. The van der Waals surface area contributed by atoms with Crippen molar-refractivity contribution in [3.05, 3.63) is 59.6 Å². The number of alkyl halides is 2. The van der Waals surface area contributed by atoms with Gasteiger partial charge in [-0.1, -0.05) is 11.6 Å². The number of hydrogen-bond donors (Lipinski definition) is 2. The van der Waals surface area contributed by atoms with Gasteiger partial charge in [0.25, 0.3) is 5.91 Å². The van der Waals surface area contributed by atoms with E-state index >= 15 is 0 Å². The van der Waals surface area contributed by atoms with E-state index in [1.807, 2.05) is 0 Å². The first-order chi connectivity index (χ1) is 18.9. The number of likely N-dealkylation sites (tertiary alicyclic amines) is 1. The molecule has 2 aliphatic heterocycles. The summed E-state index contributed by atoms with van der Waals surface area (Å²) in [5, 5.41) is 15.0. The molecule has 0 aliphatic carbocycles. The average Bonchev–Trinajstić information content (AvgIpc) is 3.68. The van der Waals surface area contributed by atoms with Gasteiger partial charge in [-0.3, -0.25) is 14.3 Å². The van der Waals surface area contributed by atoms with Gasteiger partial charge in [-0.15, -0.1) is 0 Å². The molecular formula is C25H23ClF2N8O3. The van der Waals surface area contributed by atoms with E-state index in [2.05, 4.69) is 25.8 Å². The number of carbonyl (C=O) groups is 2. The molecule has 4 aromatic rings. The first-order valence-electron chi connectivity index (χ1n) is 12.3. The van der Waals surface area contributed by atoms with Crippen LogP contribution in [-0.2, 0) is 11.3 Å². The molecule has 202 valence electrons. The first-order valence-corrected chi connectivity index (χ1v) is 12.7. The number of halogens is 3. The highest BCUT2D eigenvalue weighted by atomic mass is 35.5. The van der Waals surface area contributed by atoms with Crippen LogP contribution in [0.2, 0.25) is 5.02 Å². The molecule has 2 N–H and O–H groups in total. The standard InChI is InChI=1S/C25H23ClF2N8O3/c26-15-2-3-20(39-25(27)28)16(8-15)22-19(32-24(38)17-9-31-36-7-1-5-30-23(17)36)12-35(33-22)13-21(37)34-10-14-4-6-29-18(14)11-34/h1-3,5,7-9,12,14,18,25,29H,4,6,10-11,13H2,(H,32,38)/t14-,18+/m0/s1. The number of benzene rings is 1. The van der Waals surface area contributed by atoms with Crippen molar-refractivity contribution < 1.29 is 23.1 Å². The number of hydrogen-bond acceptors (Lipinski definition) is 7. The Balaban J connectivity index is 1.33. The summed E-state index contributed by atoms with van der Waals surface area (Å²) in [5.41, 5.74) is 0.929. The van der Waals surface area contributed by atoms with Gasteiger partial charge in [-0.05, 0) is 43.1 Å². The molecule has 2 fully saturated rings. The van der Waals surface area contributed by atoms with Gasteiger partial charge in [0.1, 0.15) is 23.6 Å². The van der Waals surface area contributed by atoms with Gasteiger partial charge in [-0.2, -0.15) is 19.0 Å². The molecule has 0 radical (unpaired) electrons. The number of ether oxygens (including phenoxy) is 1. The Morgan fingerprint density at radius 2 is 2.15 bits per heavy atom. The highest BCUT2D eigenvalue weighted by molar-refractivity contribution is 6.31. The van der Waals surface area contributed by atoms with Gasteiger partial charge in [0.2, 0.25) is 5.91 Å². The highest BCUT2D eigenvalue weighted by Gasteiger charge is 2.38. The maximum Gasteiger partial charge on any atom is 0.387 e. The highest BCUT2D eigenvalue weighted by Crippen LogP contribution is 2.37. The summed E-state index contributed by atoms with van der Waals surface area (Å²) >= 11 is 6.18. The number of nitrogens with one attached hydrogen (secondary N) is 2. The van der Waals surface area contributed by atoms with E-state index in [0.717, 1.165) is 13.0 Å². The van der Waals surface area contributed by atoms with Crippen molar-refractivity contribution in [1.82, 2.24) is 34.6 Å². The first kappa shape index (κ1) is 25.2. The maximum absolute atomic E-state index is 13.3. The quantitative estimate of drug-likeness (QED) is 0.359. The van der Waals surface area contributed by atoms with Crippen LogP contribution >= 0.6 is 11.6 Å². The number of amides is 2. The molecule has 6 rings (SSSR count). The Bertz CT molecular complexity index is 1550. The summed E-state index contributed by atoms with van der Waals surface area (Å²) in [7, 11) is 0. The number of nitrogens with zero attached hydrogens (tertiary/aromatic N) is 6. The second-order valence-corrected chi connectivity index (χ2v) is 9.85. The van der Waals surface area contributed by atoms with Crippen LogP contribution in [0.15, 0.2) is 49.1 Å². The lowest BCUT2D eigenvalue weighted by molar-refractivity contribution is -0.131. The number of carbonyl (C=O) groups excluding carboxylic acids is 2. The van der Waals surface area contributed by atoms with Gasteiger partial charge < -0.3 is 20.3 Å². The number of aromatic nitrogens is 5. The third-order valence-electron chi connectivity index (χ3n) is 6.96. The lowest BCUT2D eigenvalue weighted by Gasteiger charge is -2.17. The second kappa shape index (κ2) is 10.2. The summed E-state index contributed by atoms with van der Waals surface area (Å²) in [5.74, 6) is -0.442. The zero-order chi connectivity index (χ0) is 27.1. The SMILES string of the molecule is O=C(Nc1cn(CC(=O)N2C[C@@H]3CCN[C@@H]3C2)nc1-c1cc(Cl)ccc1OC(F)F)c1cnn2cccnc12. The molecule has 11 nitrogen and oxygen atoms in total. The van der Waals surface area contributed by atoms with Crippen LogP contribution in [0.25, 0.3) is 16.9 Å². The van der Waals surface area contributed by atoms with Gasteiger partial charge in [-0.25, -0.2) is 9.50 Å². The van der Waals surface area contributed by atoms with Crippen LogP contribution in [0, 0.1) is 5.92 Å². The van der Waals surface area contributed by atoms with Gasteiger partial charge in [0.15, 0.2) is 5.65 Å². The normalized spacial score (nSPS) is 18.6. The predicted molar refractivity (Wildman–Crippen MR) is 137 cm³/mol. The van der Waals surface area contributed by atoms with E-state index in [4.69, 9.17) is 16.3 Å². The largest absolute Gasteiger partial charge is 0.434 e. The number of anilines is 1. The molecule has 2 saturated heterocycles. The van der Waals surface area contributed by atoms with E-state index < -0.39 is 12.5 Å². The van der Waals surface area contributed by atoms with Crippen molar-refractivity contribution >= 4 is 34.7 Å². The zero-order valence-corrected chi connectivity index (χ0v) is 21.2. The monoisotopic (exact) mass is 556 g/mol. The molecule has 5 heterocycles. The number of rotatable bonds is 7. The average molecular weight is 557 g/mol.